The standard InChI is InChI=1S/C19H13BrN2S2/c20-15-8-6-14(7-9-15)16-11-24-19-17(16)18(21-12-22-19)23-10-13-4-2-1-3-5-13/h1-9,11-12H,10H2. The molecule has 0 aliphatic rings. The highest BCUT2D eigenvalue weighted by molar-refractivity contribution is 9.10. The van der Waals surface area contributed by atoms with E-state index in [0.29, 0.717) is 0 Å². The molecule has 2 nitrogen and oxygen atoms in total. The third-order valence-electron chi connectivity index (χ3n) is 3.71. The first-order valence-corrected chi connectivity index (χ1v) is 10.1. The third kappa shape index (κ3) is 3.24. The molecule has 0 unspecified atom stereocenters. The monoisotopic (exact) mass is 412 g/mol. The van der Waals surface area contributed by atoms with Crippen molar-refractivity contribution >= 4 is 49.2 Å². The topological polar surface area (TPSA) is 25.8 Å². The van der Waals surface area contributed by atoms with Crippen LogP contribution in [0.5, 0.6) is 0 Å². The molecule has 0 aliphatic heterocycles. The molecule has 4 rings (SSSR count). The minimum atomic E-state index is 0.905. The summed E-state index contributed by atoms with van der Waals surface area (Å²) < 4.78 is 1.08. The lowest BCUT2D eigenvalue weighted by Gasteiger charge is -2.06. The molecule has 0 fully saturated rings. The van der Waals surface area contributed by atoms with Gasteiger partial charge in [-0.2, -0.15) is 0 Å². The summed E-state index contributed by atoms with van der Waals surface area (Å²) in [6, 6.07) is 18.9. The van der Waals surface area contributed by atoms with Crippen molar-refractivity contribution < 1.29 is 0 Å². The molecule has 0 aliphatic carbocycles. The lowest BCUT2D eigenvalue weighted by molar-refractivity contribution is 1.11. The number of hydrogen-bond donors (Lipinski definition) is 0. The van der Waals surface area contributed by atoms with E-state index in [1.807, 2.05) is 6.07 Å². The van der Waals surface area contributed by atoms with Crippen molar-refractivity contribution in [1.82, 2.24) is 9.97 Å². The summed E-state index contributed by atoms with van der Waals surface area (Å²) in [5, 5.41) is 4.38. The predicted octanol–water partition coefficient (Wildman–Crippen LogP) is 6.41. The lowest BCUT2D eigenvalue weighted by Crippen LogP contribution is -1.87. The molecule has 0 N–H and O–H groups in total. The fourth-order valence-electron chi connectivity index (χ4n) is 2.52. The fraction of sp³-hybridized carbons (Fsp3) is 0.0526. The van der Waals surface area contributed by atoms with Crippen molar-refractivity contribution in [2.24, 2.45) is 0 Å². The molecular formula is C19H13BrN2S2. The van der Waals surface area contributed by atoms with E-state index in [2.05, 4.69) is 79.8 Å². The van der Waals surface area contributed by atoms with Crippen LogP contribution in [-0.4, -0.2) is 9.97 Å². The van der Waals surface area contributed by atoms with Gasteiger partial charge in [0.15, 0.2) is 0 Å². The number of benzene rings is 2. The van der Waals surface area contributed by atoms with Gasteiger partial charge in [0.25, 0.3) is 0 Å². The van der Waals surface area contributed by atoms with Crippen LogP contribution in [0.4, 0.5) is 0 Å². The second-order valence-corrected chi connectivity index (χ2v) is 8.03. The second kappa shape index (κ2) is 7.05. The largest absolute Gasteiger partial charge is 0.229 e. The molecule has 2 heterocycles. The minimum absolute atomic E-state index is 0.905. The molecule has 2 aromatic heterocycles. The molecular weight excluding hydrogens is 400 g/mol. The molecule has 4 aromatic rings. The molecule has 0 amide bonds. The van der Waals surface area contributed by atoms with E-state index < -0.39 is 0 Å². The zero-order valence-corrected chi connectivity index (χ0v) is 15.9. The van der Waals surface area contributed by atoms with Crippen LogP contribution in [0, 0.1) is 0 Å². The van der Waals surface area contributed by atoms with E-state index in [1.54, 1.807) is 29.4 Å². The van der Waals surface area contributed by atoms with Gasteiger partial charge in [0.1, 0.15) is 16.2 Å². The van der Waals surface area contributed by atoms with Gasteiger partial charge in [-0.3, -0.25) is 0 Å². The third-order valence-corrected chi connectivity index (χ3v) is 6.18. The van der Waals surface area contributed by atoms with Gasteiger partial charge in [0.05, 0.1) is 5.39 Å². The smallest absolute Gasteiger partial charge is 0.128 e. The summed E-state index contributed by atoms with van der Waals surface area (Å²) in [5.74, 6) is 0.905. The lowest BCUT2D eigenvalue weighted by atomic mass is 10.1. The second-order valence-electron chi connectivity index (χ2n) is 5.29. The SMILES string of the molecule is Brc1ccc(-c2csc3ncnc(SCc4ccccc4)c23)cc1. The predicted molar refractivity (Wildman–Crippen MR) is 107 cm³/mol. The Bertz CT molecular complexity index is 966. The Kier molecular flexibility index (Phi) is 4.65. The maximum absolute atomic E-state index is 4.55. The quantitative estimate of drug-likeness (QED) is 0.285. The van der Waals surface area contributed by atoms with Crippen molar-refractivity contribution in [3.8, 4) is 11.1 Å². The van der Waals surface area contributed by atoms with Crippen LogP contribution >= 0.6 is 39.0 Å². The molecule has 118 valence electrons. The Balaban J connectivity index is 1.73. The molecule has 5 heteroatoms. The van der Waals surface area contributed by atoms with Gasteiger partial charge in [0, 0.05) is 21.2 Å². The summed E-state index contributed by atoms with van der Waals surface area (Å²) >= 11 is 6.94. The number of fused-ring (bicyclic) bond motifs is 1. The normalized spacial score (nSPS) is 11.0. The number of thiophene rings is 1. The van der Waals surface area contributed by atoms with Crippen molar-refractivity contribution in [2.45, 2.75) is 10.8 Å². The fourth-order valence-corrected chi connectivity index (χ4v) is 4.74. The number of rotatable bonds is 4. The number of halogens is 1. The summed E-state index contributed by atoms with van der Waals surface area (Å²) in [4.78, 5) is 10.0. The van der Waals surface area contributed by atoms with E-state index in [-0.39, 0.29) is 0 Å². The molecule has 0 spiro atoms. The van der Waals surface area contributed by atoms with Crippen molar-refractivity contribution in [3.63, 3.8) is 0 Å². The van der Waals surface area contributed by atoms with Gasteiger partial charge in [-0.05, 0) is 23.3 Å². The van der Waals surface area contributed by atoms with E-state index >= 15 is 0 Å². The zero-order valence-electron chi connectivity index (χ0n) is 12.6. The maximum atomic E-state index is 4.55. The van der Waals surface area contributed by atoms with Gasteiger partial charge in [-0.15, -0.1) is 23.1 Å². The summed E-state index contributed by atoms with van der Waals surface area (Å²) in [6.45, 7) is 0. The van der Waals surface area contributed by atoms with Crippen LogP contribution in [0.25, 0.3) is 21.3 Å². The van der Waals surface area contributed by atoms with Crippen LogP contribution in [0.1, 0.15) is 5.56 Å². The van der Waals surface area contributed by atoms with Crippen molar-refractivity contribution in [2.75, 3.05) is 0 Å². The highest BCUT2D eigenvalue weighted by atomic mass is 79.9. The maximum Gasteiger partial charge on any atom is 0.128 e. The summed E-state index contributed by atoms with van der Waals surface area (Å²) in [6.07, 6.45) is 1.66. The molecule has 0 saturated carbocycles. The Morgan fingerprint density at radius 1 is 0.958 bits per heavy atom. The molecule has 0 bridgehead atoms. The minimum Gasteiger partial charge on any atom is -0.229 e. The molecule has 0 saturated heterocycles. The van der Waals surface area contributed by atoms with Crippen molar-refractivity contribution in [1.29, 1.82) is 0 Å². The highest BCUT2D eigenvalue weighted by Gasteiger charge is 2.13. The van der Waals surface area contributed by atoms with E-state index in [0.717, 1.165) is 25.5 Å². The summed E-state index contributed by atoms with van der Waals surface area (Å²) in [5.41, 5.74) is 3.70. The molecule has 2 aromatic carbocycles. The van der Waals surface area contributed by atoms with E-state index in [9.17, 15) is 0 Å². The van der Waals surface area contributed by atoms with Crippen LogP contribution in [0.15, 0.2) is 75.8 Å². The van der Waals surface area contributed by atoms with E-state index in [4.69, 9.17) is 0 Å². The Hall–Kier alpha value is -1.69. The number of aromatic nitrogens is 2. The van der Waals surface area contributed by atoms with Gasteiger partial charge < -0.3 is 0 Å². The Labute approximate surface area is 157 Å². The average Bonchev–Trinajstić information content (AvgIpc) is 3.06. The molecule has 24 heavy (non-hydrogen) atoms. The number of nitrogens with zero attached hydrogens (tertiary/aromatic N) is 2. The molecule has 0 radical (unpaired) electrons. The first-order valence-electron chi connectivity index (χ1n) is 7.46. The number of thioether (sulfide) groups is 1. The molecule has 0 atom stereocenters. The van der Waals surface area contributed by atoms with Gasteiger partial charge >= 0.3 is 0 Å². The van der Waals surface area contributed by atoms with Crippen LogP contribution in [-0.2, 0) is 5.75 Å². The Morgan fingerprint density at radius 3 is 2.54 bits per heavy atom. The Morgan fingerprint density at radius 2 is 1.75 bits per heavy atom. The number of hydrogen-bond acceptors (Lipinski definition) is 4. The van der Waals surface area contributed by atoms with E-state index in [1.165, 1.54) is 16.7 Å². The van der Waals surface area contributed by atoms with Crippen LogP contribution in [0.2, 0.25) is 0 Å². The first kappa shape index (κ1) is 15.8. The highest BCUT2D eigenvalue weighted by Crippen LogP contribution is 2.38. The van der Waals surface area contributed by atoms with Crippen LogP contribution < -0.4 is 0 Å². The average molecular weight is 413 g/mol. The summed E-state index contributed by atoms with van der Waals surface area (Å²) in [7, 11) is 0. The van der Waals surface area contributed by atoms with Gasteiger partial charge in [0.2, 0.25) is 0 Å². The van der Waals surface area contributed by atoms with Gasteiger partial charge in [-0.25, -0.2) is 9.97 Å². The zero-order chi connectivity index (χ0) is 16.4. The van der Waals surface area contributed by atoms with Gasteiger partial charge in [-0.1, -0.05) is 58.4 Å². The van der Waals surface area contributed by atoms with Crippen LogP contribution in [0.3, 0.4) is 0 Å². The first-order chi connectivity index (χ1) is 11.8. The van der Waals surface area contributed by atoms with Crippen molar-refractivity contribution in [3.05, 3.63) is 76.3 Å².